The minimum Gasteiger partial charge on any atom is -0.486 e. The Labute approximate surface area is 169 Å². The maximum absolute atomic E-state index is 12.9. The van der Waals surface area contributed by atoms with E-state index in [2.05, 4.69) is 15.3 Å². The van der Waals surface area contributed by atoms with Gasteiger partial charge in [0.1, 0.15) is 13.2 Å². The van der Waals surface area contributed by atoms with Gasteiger partial charge >= 0.3 is 0 Å². The number of hydrogen-bond donors (Lipinski definition) is 1. The summed E-state index contributed by atoms with van der Waals surface area (Å²) < 4.78 is 11.1. The van der Waals surface area contributed by atoms with Crippen LogP contribution in [0.25, 0.3) is 0 Å². The van der Waals surface area contributed by atoms with Crippen molar-refractivity contribution in [3.05, 3.63) is 66.0 Å². The summed E-state index contributed by atoms with van der Waals surface area (Å²) in [5.74, 6) is 1.67. The Morgan fingerprint density at radius 3 is 2.55 bits per heavy atom. The van der Waals surface area contributed by atoms with E-state index in [1.54, 1.807) is 4.90 Å². The lowest BCUT2D eigenvalue weighted by molar-refractivity contribution is 0.0987. The molecule has 1 N–H and O–H groups in total. The predicted molar refractivity (Wildman–Crippen MR) is 111 cm³/mol. The fourth-order valence-electron chi connectivity index (χ4n) is 3.15. The highest BCUT2D eigenvalue weighted by atomic mass is 16.6. The van der Waals surface area contributed by atoms with Gasteiger partial charge in [-0.25, -0.2) is 9.97 Å². The Morgan fingerprint density at radius 2 is 1.83 bits per heavy atom. The number of nitrogens with one attached hydrogen (secondary N) is 1. The number of aromatic nitrogens is 2. The highest BCUT2D eigenvalue weighted by Gasteiger charge is 2.17. The molecule has 2 heterocycles. The Kier molecular flexibility index (Phi) is 5.29. The molecule has 1 amide bonds. The number of rotatable bonds is 5. The van der Waals surface area contributed by atoms with Crippen LogP contribution in [0, 0.1) is 6.92 Å². The normalized spacial score (nSPS) is 12.3. The standard InChI is InChI=1S/C22H22N4O3/c1-3-26(18-6-4-5-15(2)11-18)21(27)16-13-23-22(24-14-16)25-17-7-8-19-20(12-17)29-10-9-28-19/h4-8,11-14H,3,9-10H2,1-2H3,(H,23,24,25). The van der Waals surface area contributed by atoms with Crippen LogP contribution in [0.2, 0.25) is 0 Å². The van der Waals surface area contributed by atoms with Crippen LogP contribution in [0.5, 0.6) is 11.5 Å². The molecule has 0 atom stereocenters. The van der Waals surface area contributed by atoms with Crippen LogP contribution >= 0.6 is 0 Å². The van der Waals surface area contributed by atoms with E-state index in [0.717, 1.165) is 22.7 Å². The average molecular weight is 390 g/mol. The van der Waals surface area contributed by atoms with E-state index in [1.165, 1.54) is 12.4 Å². The van der Waals surface area contributed by atoms with Crippen LogP contribution in [0.15, 0.2) is 54.9 Å². The van der Waals surface area contributed by atoms with Gasteiger partial charge in [-0.05, 0) is 43.7 Å². The van der Waals surface area contributed by atoms with Crippen molar-refractivity contribution in [3.63, 3.8) is 0 Å². The minimum absolute atomic E-state index is 0.135. The van der Waals surface area contributed by atoms with E-state index in [-0.39, 0.29) is 5.91 Å². The topological polar surface area (TPSA) is 76.6 Å². The molecule has 0 spiro atoms. The number of ether oxygens (including phenoxy) is 2. The van der Waals surface area contributed by atoms with Crippen molar-refractivity contribution >= 4 is 23.2 Å². The van der Waals surface area contributed by atoms with Gasteiger partial charge in [-0.2, -0.15) is 0 Å². The highest BCUT2D eigenvalue weighted by molar-refractivity contribution is 6.05. The molecule has 0 aliphatic carbocycles. The molecule has 4 rings (SSSR count). The largest absolute Gasteiger partial charge is 0.486 e. The number of anilines is 3. The van der Waals surface area contributed by atoms with Crippen LogP contribution in [0.1, 0.15) is 22.8 Å². The van der Waals surface area contributed by atoms with E-state index < -0.39 is 0 Å². The van der Waals surface area contributed by atoms with Gasteiger partial charge in [-0.15, -0.1) is 0 Å². The Hall–Kier alpha value is -3.61. The van der Waals surface area contributed by atoms with Gasteiger partial charge in [0.05, 0.1) is 5.56 Å². The third kappa shape index (κ3) is 4.13. The molecule has 0 fully saturated rings. The first-order valence-electron chi connectivity index (χ1n) is 9.51. The van der Waals surface area contributed by atoms with Gasteiger partial charge in [-0.1, -0.05) is 12.1 Å². The first-order valence-corrected chi connectivity index (χ1v) is 9.51. The molecular formula is C22H22N4O3. The SMILES string of the molecule is CCN(C(=O)c1cnc(Nc2ccc3c(c2)OCCO3)nc1)c1cccc(C)c1. The maximum Gasteiger partial charge on any atom is 0.261 e. The molecule has 7 heteroatoms. The zero-order chi connectivity index (χ0) is 20.2. The monoisotopic (exact) mass is 390 g/mol. The number of aryl methyl sites for hydroxylation is 1. The van der Waals surface area contributed by atoms with Crippen molar-refractivity contribution < 1.29 is 14.3 Å². The maximum atomic E-state index is 12.9. The smallest absolute Gasteiger partial charge is 0.261 e. The summed E-state index contributed by atoms with van der Waals surface area (Å²) in [5.41, 5.74) is 3.17. The van der Waals surface area contributed by atoms with E-state index in [1.807, 2.05) is 56.3 Å². The number of fused-ring (bicyclic) bond motifs is 1. The molecule has 0 saturated carbocycles. The molecule has 29 heavy (non-hydrogen) atoms. The molecule has 7 nitrogen and oxygen atoms in total. The molecule has 3 aromatic rings. The molecule has 1 aliphatic rings. The summed E-state index contributed by atoms with van der Waals surface area (Å²) in [5, 5.41) is 3.12. The number of hydrogen-bond acceptors (Lipinski definition) is 6. The second-order valence-corrected chi connectivity index (χ2v) is 6.67. The van der Waals surface area contributed by atoms with Crippen molar-refractivity contribution in [3.8, 4) is 11.5 Å². The lowest BCUT2D eigenvalue weighted by Gasteiger charge is -2.21. The number of carbonyl (C=O) groups is 1. The quantitative estimate of drug-likeness (QED) is 0.710. The number of benzene rings is 2. The van der Waals surface area contributed by atoms with Crippen LogP contribution < -0.4 is 19.7 Å². The van der Waals surface area contributed by atoms with Crippen molar-refractivity contribution in [1.29, 1.82) is 0 Å². The Bertz CT molecular complexity index is 1020. The second kappa shape index (κ2) is 8.18. The summed E-state index contributed by atoms with van der Waals surface area (Å²) in [6, 6.07) is 13.4. The van der Waals surface area contributed by atoms with Gasteiger partial charge in [0.2, 0.25) is 5.95 Å². The number of nitrogens with zero attached hydrogens (tertiary/aromatic N) is 3. The molecule has 2 aromatic carbocycles. The van der Waals surface area contributed by atoms with E-state index in [4.69, 9.17) is 9.47 Å². The van der Waals surface area contributed by atoms with E-state index in [9.17, 15) is 4.79 Å². The predicted octanol–water partition coefficient (Wildman–Crippen LogP) is 3.97. The lowest BCUT2D eigenvalue weighted by Crippen LogP contribution is -2.30. The van der Waals surface area contributed by atoms with Crippen molar-refractivity contribution in [2.24, 2.45) is 0 Å². The van der Waals surface area contributed by atoms with Crippen molar-refractivity contribution in [2.75, 3.05) is 30.0 Å². The fourth-order valence-corrected chi connectivity index (χ4v) is 3.15. The van der Waals surface area contributed by atoms with Crippen molar-refractivity contribution in [1.82, 2.24) is 9.97 Å². The van der Waals surface area contributed by atoms with Crippen LogP contribution in [0.3, 0.4) is 0 Å². The fraction of sp³-hybridized carbons (Fsp3) is 0.227. The molecule has 1 aromatic heterocycles. The summed E-state index contributed by atoms with van der Waals surface area (Å²) in [7, 11) is 0. The van der Waals surface area contributed by atoms with E-state index >= 15 is 0 Å². The summed E-state index contributed by atoms with van der Waals surface area (Å²) in [6.45, 7) is 5.58. The lowest BCUT2D eigenvalue weighted by atomic mass is 10.2. The zero-order valence-electron chi connectivity index (χ0n) is 16.4. The molecular weight excluding hydrogens is 368 g/mol. The van der Waals surface area contributed by atoms with Crippen LogP contribution in [-0.4, -0.2) is 35.6 Å². The second-order valence-electron chi connectivity index (χ2n) is 6.67. The number of carbonyl (C=O) groups excluding carboxylic acids is 1. The van der Waals surface area contributed by atoms with Gasteiger partial charge in [-0.3, -0.25) is 4.79 Å². The zero-order valence-corrected chi connectivity index (χ0v) is 16.4. The van der Waals surface area contributed by atoms with Crippen LogP contribution in [0.4, 0.5) is 17.3 Å². The van der Waals surface area contributed by atoms with Gasteiger partial charge < -0.3 is 19.7 Å². The van der Waals surface area contributed by atoms with Gasteiger partial charge in [0.15, 0.2) is 11.5 Å². The van der Waals surface area contributed by atoms with Gasteiger partial charge in [0, 0.05) is 36.4 Å². The molecule has 0 unspecified atom stereocenters. The Balaban J connectivity index is 1.49. The highest BCUT2D eigenvalue weighted by Crippen LogP contribution is 2.33. The van der Waals surface area contributed by atoms with Crippen LogP contribution in [-0.2, 0) is 0 Å². The molecule has 0 saturated heterocycles. The molecule has 0 bridgehead atoms. The summed E-state index contributed by atoms with van der Waals surface area (Å²) >= 11 is 0. The summed E-state index contributed by atoms with van der Waals surface area (Å²) in [4.78, 5) is 23.2. The third-order valence-corrected chi connectivity index (χ3v) is 4.57. The molecule has 148 valence electrons. The first kappa shape index (κ1) is 18.7. The minimum atomic E-state index is -0.135. The van der Waals surface area contributed by atoms with Gasteiger partial charge in [0.25, 0.3) is 5.91 Å². The molecule has 1 aliphatic heterocycles. The Morgan fingerprint density at radius 1 is 1.07 bits per heavy atom. The average Bonchev–Trinajstić information content (AvgIpc) is 2.75. The van der Waals surface area contributed by atoms with E-state index in [0.29, 0.717) is 37.0 Å². The van der Waals surface area contributed by atoms with Crippen molar-refractivity contribution in [2.45, 2.75) is 13.8 Å². The number of amides is 1. The summed E-state index contributed by atoms with van der Waals surface area (Å²) in [6.07, 6.45) is 3.07. The third-order valence-electron chi connectivity index (χ3n) is 4.57. The molecule has 0 radical (unpaired) electrons. The first-order chi connectivity index (χ1) is 14.1.